The van der Waals surface area contributed by atoms with Gasteiger partial charge in [0.2, 0.25) is 0 Å². The normalized spacial score (nSPS) is 12.4. The zero-order chi connectivity index (χ0) is 37.5. The summed E-state index contributed by atoms with van der Waals surface area (Å²) in [4.78, 5) is 5.39. The zero-order valence-electron chi connectivity index (χ0n) is 31.9. The number of para-hydroxylation sites is 3. The van der Waals surface area contributed by atoms with E-state index in [1.807, 2.05) is 11.3 Å². The fraction of sp³-hybridized carbons (Fsp3) is 0.0426. The second kappa shape index (κ2) is 12.7. The lowest BCUT2D eigenvalue weighted by Gasteiger charge is -2.39. The lowest BCUT2D eigenvalue weighted by atomic mass is 9.23. The minimum Gasteiger partial charge on any atom is -0.296 e. The number of benzene rings is 8. The number of hydrogen-bond acceptors (Lipinski definition) is 2. The maximum atomic E-state index is 5.39. The Labute approximate surface area is 330 Å². The number of thiophene rings is 1. The van der Waals surface area contributed by atoms with Gasteiger partial charge in [0.15, 0.2) is 0 Å². The molecule has 8 aromatic carbocycles. The second-order valence-corrected chi connectivity index (χ2v) is 17.5. The molecule has 2 heterocycles. The Morgan fingerprint density at radius 3 is 1.85 bits per heavy atom. The first-order valence-corrected chi connectivity index (χ1v) is 20.0. The Hall–Kier alpha value is -5.71. The summed E-state index contributed by atoms with van der Waals surface area (Å²) in [6, 6.07) is 60.3. The summed E-state index contributed by atoms with van der Waals surface area (Å²) in [6.45, 7) is 0. The molecule has 2 nitrogen and oxygen atoms in total. The number of rotatable bonds is 6. The van der Waals surface area contributed by atoms with Crippen molar-refractivity contribution in [2.45, 2.75) is 10.3 Å². The van der Waals surface area contributed by atoms with Crippen LogP contribution in [0.25, 0.3) is 91.8 Å². The fourth-order valence-electron chi connectivity index (χ4n) is 8.38. The van der Waals surface area contributed by atoms with Gasteiger partial charge in [-0.3, -0.25) is 4.57 Å². The summed E-state index contributed by atoms with van der Waals surface area (Å²) in [7, 11) is 11.6. The molecular weight excluding hydrogens is 679 g/mol. The first kappa shape index (κ1) is 33.8. The molecule has 0 bridgehead atoms. The molecule has 256 valence electrons. The van der Waals surface area contributed by atoms with Gasteiger partial charge in [-0.1, -0.05) is 121 Å². The van der Waals surface area contributed by atoms with Gasteiger partial charge in [0.05, 0.1) is 40.3 Å². The molecule has 0 saturated heterocycles. The van der Waals surface area contributed by atoms with Crippen molar-refractivity contribution in [3.63, 3.8) is 0 Å². The molecule has 0 amide bonds. The smallest absolute Gasteiger partial charge is 0.106 e. The molecule has 0 spiro atoms. The Morgan fingerprint density at radius 1 is 0.455 bits per heavy atom. The van der Waals surface area contributed by atoms with E-state index in [1.54, 1.807) is 0 Å². The minimum absolute atomic E-state index is 0.0369. The van der Waals surface area contributed by atoms with Gasteiger partial charge in [0, 0.05) is 25.7 Å². The Bertz CT molecular complexity index is 3120. The first-order valence-electron chi connectivity index (χ1n) is 19.2. The number of hydrogen-bond donors (Lipinski definition) is 0. The minimum atomic E-state index is -0.234. The van der Waals surface area contributed by atoms with Crippen LogP contribution in [0.4, 0.5) is 0 Å². The van der Waals surface area contributed by atoms with Gasteiger partial charge in [-0.25, -0.2) is 4.98 Å². The van der Waals surface area contributed by atoms with E-state index in [4.69, 9.17) is 4.98 Å². The van der Waals surface area contributed by atoms with Crippen molar-refractivity contribution in [1.29, 1.82) is 0 Å². The van der Waals surface area contributed by atoms with Gasteiger partial charge in [0.25, 0.3) is 0 Å². The van der Waals surface area contributed by atoms with Crippen molar-refractivity contribution in [2.75, 3.05) is 0 Å². The average molecular weight is 716 g/mol. The summed E-state index contributed by atoms with van der Waals surface area (Å²) in [5, 5.41) is 7.31. The van der Waals surface area contributed by atoms with Crippen LogP contribution in [0.15, 0.2) is 164 Å². The summed E-state index contributed by atoms with van der Waals surface area (Å²) in [5.74, 6) is 1.07. The molecule has 2 aromatic heterocycles. The molecule has 0 N–H and O–H groups in total. The van der Waals surface area contributed by atoms with Crippen molar-refractivity contribution < 1.29 is 0 Å². The summed E-state index contributed by atoms with van der Waals surface area (Å²) < 4.78 is 5.08. The number of nitrogens with zero attached hydrogens (tertiary/aromatic N) is 2. The maximum Gasteiger partial charge on any atom is 0.106 e. The topological polar surface area (TPSA) is 17.8 Å². The molecule has 8 heteroatoms. The number of aromatic nitrogens is 2. The van der Waals surface area contributed by atoms with E-state index in [0.717, 1.165) is 22.5 Å². The van der Waals surface area contributed by atoms with E-state index < -0.39 is 0 Å². The van der Waals surface area contributed by atoms with Gasteiger partial charge in [0.1, 0.15) is 21.5 Å². The monoisotopic (exact) mass is 716 g/mol. The molecule has 0 fully saturated rings. The van der Waals surface area contributed by atoms with Crippen LogP contribution in [0, 0.1) is 0 Å². The molecular formula is C47H37B5N2S. The second-order valence-electron chi connectivity index (χ2n) is 16.4. The van der Waals surface area contributed by atoms with Crippen LogP contribution in [0.1, 0.15) is 5.82 Å². The van der Waals surface area contributed by atoms with Gasteiger partial charge in [-0.15, -0.1) is 16.4 Å². The highest BCUT2D eigenvalue weighted by atomic mass is 32.1. The van der Waals surface area contributed by atoms with Crippen LogP contribution in [-0.4, -0.2) is 48.8 Å². The summed E-state index contributed by atoms with van der Waals surface area (Å²) in [5.41, 5.74) is 10.6. The molecule has 10 aromatic rings. The first-order chi connectivity index (χ1) is 26.7. The third-order valence-electron chi connectivity index (χ3n) is 12.2. The van der Waals surface area contributed by atoms with Crippen molar-refractivity contribution in [1.82, 2.24) is 9.55 Å². The lowest BCUT2D eigenvalue weighted by Crippen LogP contribution is -2.45. The van der Waals surface area contributed by atoms with E-state index in [0.29, 0.717) is 0 Å². The third kappa shape index (κ3) is 5.33. The van der Waals surface area contributed by atoms with E-state index >= 15 is 0 Å². The van der Waals surface area contributed by atoms with E-state index in [2.05, 4.69) is 208 Å². The zero-order valence-corrected chi connectivity index (χ0v) is 32.7. The van der Waals surface area contributed by atoms with Crippen LogP contribution in [0.2, 0.25) is 5.11 Å². The van der Waals surface area contributed by atoms with Crippen LogP contribution < -0.4 is 0 Å². The van der Waals surface area contributed by atoms with Crippen molar-refractivity contribution in [3.05, 3.63) is 170 Å². The van der Waals surface area contributed by atoms with Gasteiger partial charge in [-0.05, 0) is 97.0 Å². The highest BCUT2D eigenvalue weighted by Gasteiger charge is 2.39. The largest absolute Gasteiger partial charge is 0.296 e. The van der Waals surface area contributed by atoms with Crippen LogP contribution >= 0.6 is 11.3 Å². The van der Waals surface area contributed by atoms with E-state index in [9.17, 15) is 0 Å². The van der Waals surface area contributed by atoms with Gasteiger partial charge < -0.3 is 0 Å². The standard InChI is InChI=1S/C47H37B5N2S/c48-46(49,47(50,51)52)45-53-38-18-8-10-20-40(38)54(45)39-19-9-6-17-35(39)44-33-16-5-4-15-32(33)43(37-26-29(22-24-34(37)44)28-12-2-1-3-13-28)30-23-25-42-36(27-30)31-14-7-11-21-41(31)55-42/h1-27H,48-52H2. The molecule has 0 radical (unpaired) electrons. The quantitative estimate of drug-likeness (QED) is 0.126. The van der Waals surface area contributed by atoms with Crippen molar-refractivity contribution in [2.24, 2.45) is 0 Å². The molecule has 0 aliphatic rings. The summed E-state index contributed by atoms with van der Waals surface area (Å²) in [6.07, 6.45) is 0. The van der Waals surface area contributed by atoms with Gasteiger partial charge in [-0.2, -0.15) is 0 Å². The average Bonchev–Trinajstić information content (AvgIpc) is 3.79. The molecule has 0 atom stereocenters. The van der Waals surface area contributed by atoms with E-state index in [-0.39, 0.29) is 10.3 Å². The maximum absolute atomic E-state index is 5.39. The van der Waals surface area contributed by atoms with Crippen LogP contribution in [-0.2, 0) is 5.21 Å². The molecule has 10 rings (SSSR count). The van der Waals surface area contributed by atoms with Crippen molar-refractivity contribution >= 4 is 103 Å². The Kier molecular flexibility index (Phi) is 7.80. The Balaban J connectivity index is 1.33. The van der Waals surface area contributed by atoms with Crippen LogP contribution in [0.3, 0.4) is 0 Å². The lowest BCUT2D eigenvalue weighted by molar-refractivity contribution is 0.757. The van der Waals surface area contributed by atoms with E-state index in [1.165, 1.54) is 75.1 Å². The van der Waals surface area contributed by atoms with Crippen LogP contribution in [0.5, 0.6) is 0 Å². The summed E-state index contributed by atoms with van der Waals surface area (Å²) >= 11 is 1.87. The SMILES string of the molecule is BC(B)(B)C(B)(B)c1nc2ccccc2n1-c1ccccc1-c1c2ccccc2c(-c2ccc3sc4ccccc4c3c2)c2cc(-c3ccccc3)ccc12. The number of imidazole rings is 1. The fourth-order valence-corrected chi connectivity index (χ4v) is 9.46. The predicted octanol–water partition coefficient (Wildman–Crippen LogP) is 8.09. The van der Waals surface area contributed by atoms with Crippen molar-refractivity contribution in [3.8, 4) is 39.1 Å². The molecule has 0 saturated carbocycles. The highest BCUT2D eigenvalue weighted by Crippen LogP contribution is 2.48. The molecule has 55 heavy (non-hydrogen) atoms. The highest BCUT2D eigenvalue weighted by molar-refractivity contribution is 7.25. The predicted molar refractivity (Wildman–Crippen MR) is 252 cm³/mol. The van der Waals surface area contributed by atoms with Gasteiger partial charge >= 0.3 is 0 Å². The molecule has 0 unspecified atom stereocenters. The third-order valence-corrected chi connectivity index (χ3v) is 13.4. The number of fused-ring (bicyclic) bond motifs is 6. The molecule has 0 aliphatic heterocycles. The molecule has 0 aliphatic carbocycles. The Morgan fingerprint density at radius 2 is 1.05 bits per heavy atom.